The fraction of sp³-hybridized carbons (Fsp3) is 0.108. The molecule has 0 aliphatic rings. The van der Waals surface area contributed by atoms with Crippen LogP contribution in [0.1, 0.15) is 22.7 Å². The van der Waals surface area contributed by atoms with E-state index in [4.69, 9.17) is 4.42 Å². The number of hydrogen-bond donors (Lipinski definition) is 0. The van der Waals surface area contributed by atoms with Crippen LogP contribution in [0.5, 0.6) is 0 Å². The number of para-hydroxylation sites is 1. The van der Waals surface area contributed by atoms with Crippen LogP contribution in [-0.4, -0.2) is 19.5 Å². The Balaban J connectivity index is 0.000000172. The number of hydrogen-bond acceptors (Lipinski definition) is 4. The summed E-state index contributed by atoms with van der Waals surface area (Å²) in [6, 6.07) is 41.1. The standard InChI is InChI=1S/C19H16N3O.C18H16NP.Ir/c1-12-5-4-6-13(2)18(12)22-10-9-20-19(22)15-7-8-17-16(11-15)21-14(3)23-17;1-3-10-17(11-4-1)20(18-12-5-2-6-13-18)15-16-9-7-8-14-19-16;/h4-6,8-11H,1-3H3;1-14H,15H2;/q-1;;/p+1. The van der Waals surface area contributed by atoms with Crippen LogP contribution in [-0.2, 0) is 26.3 Å². The minimum absolute atomic E-state index is 0. The minimum atomic E-state index is -0.815. The first kappa shape index (κ1) is 31.2. The SMILES string of the molecule is Cc1nc2cc(-c3nccn3-c3c(C)cccc3C)[c-]cc2o1.[Ir].c1ccc([PH+](Cc2ccccn2)c2ccccc2)cc1. The fourth-order valence-corrected chi connectivity index (χ4v) is 7.82. The monoisotopic (exact) mass is 773 g/mol. The molecule has 5 nitrogen and oxygen atoms in total. The average molecular weight is 773 g/mol. The van der Waals surface area contributed by atoms with Crippen molar-refractivity contribution in [2.24, 2.45) is 0 Å². The van der Waals surface area contributed by atoms with Crippen molar-refractivity contribution in [2.75, 3.05) is 0 Å². The van der Waals surface area contributed by atoms with E-state index in [9.17, 15) is 0 Å². The second kappa shape index (κ2) is 14.5. The van der Waals surface area contributed by atoms with E-state index in [1.165, 1.54) is 27.4 Å². The Morgan fingerprint density at radius 3 is 2.05 bits per heavy atom. The van der Waals surface area contributed by atoms with E-state index in [2.05, 4.69) is 130 Å². The molecular formula is C37H33IrN4OP. The molecular weight excluding hydrogens is 740 g/mol. The number of aromatic nitrogens is 4. The number of fused-ring (bicyclic) bond motifs is 1. The van der Waals surface area contributed by atoms with Crippen molar-refractivity contribution in [1.29, 1.82) is 0 Å². The van der Waals surface area contributed by atoms with Crippen molar-refractivity contribution in [2.45, 2.75) is 26.9 Å². The number of pyridine rings is 1. The summed E-state index contributed by atoms with van der Waals surface area (Å²) in [6.07, 6.45) is 6.70. The maximum atomic E-state index is 5.52. The molecule has 0 aliphatic heterocycles. The predicted molar refractivity (Wildman–Crippen MR) is 178 cm³/mol. The van der Waals surface area contributed by atoms with Crippen LogP contribution in [0, 0.1) is 26.8 Å². The number of benzene rings is 4. The molecule has 0 unspecified atom stereocenters. The van der Waals surface area contributed by atoms with Gasteiger partial charge in [-0.1, -0.05) is 60.7 Å². The van der Waals surface area contributed by atoms with Crippen molar-refractivity contribution in [3.63, 3.8) is 0 Å². The summed E-state index contributed by atoms with van der Waals surface area (Å²) in [6.45, 7) is 6.07. The summed E-state index contributed by atoms with van der Waals surface area (Å²) in [4.78, 5) is 13.4. The van der Waals surface area contributed by atoms with Crippen molar-refractivity contribution in [1.82, 2.24) is 19.5 Å². The molecule has 0 saturated carbocycles. The second-order valence-electron chi connectivity index (χ2n) is 10.4. The number of nitrogens with zero attached hydrogens (tertiary/aromatic N) is 4. The molecule has 0 aliphatic carbocycles. The average Bonchev–Trinajstić information content (AvgIpc) is 3.67. The summed E-state index contributed by atoms with van der Waals surface area (Å²) in [5, 5.41) is 2.88. The third kappa shape index (κ3) is 7.11. The van der Waals surface area contributed by atoms with E-state index in [0.717, 1.165) is 34.3 Å². The van der Waals surface area contributed by atoms with Crippen LogP contribution >= 0.6 is 7.92 Å². The zero-order valence-corrected chi connectivity index (χ0v) is 28.3. The predicted octanol–water partition coefficient (Wildman–Crippen LogP) is 7.85. The van der Waals surface area contributed by atoms with Gasteiger partial charge in [0.15, 0.2) is 5.89 Å². The molecule has 0 atom stereocenters. The van der Waals surface area contributed by atoms with E-state index < -0.39 is 7.92 Å². The van der Waals surface area contributed by atoms with E-state index in [1.54, 1.807) is 0 Å². The van der Waals surface area contributed by atoms with Gasteiger partial charge < -0.3 is 8.98 Å². The van der Waals surface area contributed by atoms with Gasteiger partial charge in [0.2, 0.25) is 0 Å². The molecule has 1 radical (unpaired) electrons. The first-order valence-corrected chi connectivity index (χ1v) is 16.0. The molecule has 0 spiro atoms. The summed E-state index contributed by atoms with van der Waals surface area (Å²) in [7, 11) is -0.815. The first-order valence-electron chi connectivity index (χ1n) is 14.3. The van der Waals surface area contributed by atoms with Gasteiger partial charge in [-0.25, -0.2) is 4.98 Å². The molecule has 0 N–H and O–H groups in total. The van der Waals surface area contributed by atoms with Crippen LogP contribution in [0.3, 0.4) is 0 Å². The molecule has 44 heavy (non-hydrogen) atoms. The Labute approximate surface area is 273 Å². The minimum Gasteiger partial charge on any atom is -0.488 e. The van der Waals surface area contributed by atoms with Gasteiger partial charge in [-0.05, 0) is 61.4 Å². The Morgan fingerprint density at radius 2 is 1.41 bits per heavy atom. The molecule has 0 bridgehead atoms. The second-order valence-corrected chi connectivity index (χ2v) is 12.9. The first-order chi connectivity index (χ1) is 21.1. The smallest absolute Gasteiger partial charge is 0.180 e. The molecule has 7 aromatic rings. The van der Waals surface area contributed by atoms with Gasteiger partial charge in [0, 0.05) is 56.8 Å². The summed E-state index contributed by atoms with van der Waals surface area (Å²) >= 11 is 0. The molecule has 7 rings (SSSR count). The summed E-state index contributed by atoms with van der Waals surface area (Å²) in [5.74, 6) is 1.51. The van der Waals surface area contributed by atoms with E-state index in [0.29, 0.717) is 5.89 Å². The molecule has 0 fully saturated rings. The zero-order chi connectivity index (χ0) is 29.6. The third-order valence-electron chi connectivity index (χ3n) is 7.32. The van der Waals surface area contributed by atoms with Gasteiger partial charge in [-0.2, -0.15) is 0 Å². The maximum absolute atomic E-state index is 5.52. The normalized spacial score (nSPS) is 10.7. The Bertz CT molecular complexity index is 1880. The van der Waals surface area contributed by atoms with Gasteiger partial charge in [0.25, 0.3) is 0 Å². The van der Waals surface area contributed by atoms with E-state index in [1.807, 2.05) is 43.7 Å². The van der Waals surface area contributed by atoms with Crippen LogP contribution in [0.25, 0.3) is 28.2 Å². The summed E-state index contributed by atoms with van der Waals surface area (Å²) < 4.78 is 7.63. The van der Waals surface area contributed by atoms with Gasteiger partial charge >= 0.3 is 0 Å². The van der Waals surface area contributed by atoms with Gasteiger partial charge in [0.1, 0.15) is 6.16 Å². The molecule has 7 heteroatoms. The van der Waals surface area contributed by atoms with Gasteiger partial charge in [-0.15, -0.1) is 23.8 Å². The molecule has 0 saturated heterocycles. The van der Waals surface area contributed by atoms with Crippen molar-refractivity contribution in [3.8, 4) is 17.1 Å². The molecule has 3 aromatic heterocycles. The topological polar surface area (TPSA) is 56.7 Å². The van der Waals surface area contributed by atoms with Crippen molar-refractivity contribution < 1.29 is 24.5 Å². The van der Waals surface area contributed by atoms with Gasteiger partial charge in [0.05, 0.1) is 35.6 Å². The Morgan fingerprint density at radius 1 is 0.750 bits per heavy atom. The quantitative estimate of drug-likeness (QED) is 0.128. The van der Waals surface area contributed by atoms with E-state index >= 15 is 0 Å². The van der Waals surface area contributed by atoms with Crippen molar-refractivity contribution in [3.05, 3.63) is 157 Å². The van der Waals surface area contributed by atoms with Gasteiger partial charge in [-0.3, -0.25) is 9.97 Å². The number of imidazole rings is 1. The van der Waals surface area contributed by atoms with E-state index in [-0.39, 0.29) is 20.1 Å². The molecule has 0 amide bonds. The fourth-order valence-electron chi connectivity index (χ4n) is 5.32. The number of aryl methyl sites for hydroxylation is 3. The van der Waals surface area contributed by atoms with Crippen LogP contribution in [0.15, 0.2) is 132 Å². The van der Waals surface area contributed by atoms with Crippen LogP contribution in [0.4, 0.5) is 0 Å². The maximum Gasteiger partial charge on any atom is 0.180 e. The van der Waals surface area contributed by atoms with Crippen LogP contribution in [0.2, 0.25) is 0 Å². The largest absolute Gasteiger partial charge is 0.488 e. The molecule has 4 aromatic carbocycles. The Kier molecular flexibility index (Phi) is 10.3. The third-order valence-corrected chi connectivity index (χ3v) is 10.1. The molecule has 3 heterocycles. The zero-order valence-electron chi connectivity index (χ0n) is 24.9. The number of rotatable bonds is 6. The molecule has 221 valence electrons. The summed E-state index contributed by atoms with van der Waals surface area (Å²) in [5.41, 5.74) is 7.23. The number of oxazole rings is 1. The van der Waals surface area contributed by atoms with Crippen molar-refractivity contribution >= 4 is 29.6 Å². The van der Waals surface area contributed by atoms with Crippen LogP contribution < -0.4 is 10.6 Å². The Hall–Kier alpha value is -4.21.